The highest BCUT2D eigenvalue weighted by Crippen LogP contribution is 2.20. The van der Waals surface area contributed by atoms with Crippen molar-refractivity contribution in [2.24, 2.45) is 5.41 Å². The third kappa shape index (κ3) is 5.92. The maximum absolute atomic E-state index is 12.8. The SMILES string of the molecule is CC(C)(C)CC(=O)N1CCN(CC(=O)Nc2ccc(F)cc2)CC1. The Kier molecular flexibility index (Phi) is 5.94. The van der Waals surface area contributed by atoms with Crippen molar-refractivity contribution in [1.29, 1.82) is 0 Å². The Hall–Kier alpha value is -1.95. The Balaban J connectivity index is 1.75. The number of nitrogens with one attached hydrogen (secondary N) is 1. The number of carbonyl (C=O) groups excluding carboxylic acids is 2. The first-order valence-corrected chi connectivity index (χ1v) is 8.28. The van der Waals surface area contributed by atoms with Crippen molar-refractivity contribution < 1.29 is 14.0 Å². The minimum absolute atomic E-state index is 0.0107. The minimum Gasteiger partial charge on any atom is -0.340 e. The van der Waals surface area contributed by atoms with Crippen LogP contribution in [0.1, 0.15) is 27.2 Å². The van der Waals surface area contributed by atoms with Crippen molar-refractivity contribution >= 4 is 17.5 Å². The van der Waals surface area contributed by atoms with Crippen molar-refractivity contribution in [3.63, 3.8) is 0 Å². The molecule has 0 unspecified atom stereocenters. The number of benzene rings is 1. The Morgan fingerprint density at radius 1 is 1.08 bits per heavy atom. The summed E-state index contributed by atoms with van der Waals surface area (Å²) < 4.78 is 12.8. The Bertz CT molecular complexity index is 573. The zero-order chi connectivity index (χ0) is 17.7. The summed E-state index contributed by atoms with van der Waals surface area (Å²) in [6.45, 7) is 9.12. The van der Waals surface area contributed by atoms with Crippen LogP contribution in [0.15, 0.2) is 24.3 Å². The van der Waals surface area contributed by atoms with Gasteiger partial charge in [-0.15, -0.1) is 0 Å². The van der Waals surface area contributed by atoms with Crippen molar-refractivity contribution in [3.8, 4) is 0 Å². The first-order chi connectivity index (χ1) is 11.2. The fourth-order valence-electron chi connectivity index (χ4n) is 2.66. The molecule has 0 aromatic heterocycles. The van der Waals surface area contributed by atoms with Crippen molar-refractivity contribution in [3.05, 3.63) is 30.1 Å². The molecule has 6 heteroatoms. The van der Waals surface area contributed by atoms with Gasteiger partial charge in [-0.25, -0.2) is 4.39 Å². The van der Waals surface area contributed by atoms with Crippen LogP contribution < -0.4 is 5.32 Å². The lowest BCUT2D eigenvalue weighted by atomic mass is 9.91. The van der Waals surface area contributed by atoms with Crippen molar-refractivity contribution in [1.82, 2.24) is 9.80 Å². The molecule has 0 bridgehead atoms. The number of halogens is 1. The molecule has 2 rings (SSSR count). The maximum atomic E-state index is 12.8. The lowest BCUT2D eigenvalue weighted by Gasteiger charge is -2.35. The second kappa shape index (κ2) is 7.75. The summed E-state index contributed by atoms with van der Waals surface area (Å²) in [5.74, 6) is -0.280. The molecular formula is C18H26FN3O2. The molecule has 2 amide bonds. The second-order valence-electron chi connectivity index (χ2n) is 7.45. The highest BCUT2D eigenvalue weighted by molar-refractivity contribution is 5.92. The fraction of sp³-hybridized carbons (Fsp3) is 0.556. The van der Waals surface area contributed by atoms with E-state index in [4.69, 9.17) is 0 Å². The van der Waals surface area contributed by atoms with Crippen LogP contribution in [-0.2, 0) is 9.59 Å². The normalized spacial score (nSPS) is 16.1. The first-order valence-electron chi connectivity index (χ1n) is 8.28. The van der Waals surface area contributed by atoms with Crippen LogP contribution in [0.3, 0.4) is 0 Å². The largest absolute Gasteiger partial charge is 0.340 e. The van der Waals surface area contributed by atoms with E-state index in [0.29, 0.717) is 38.3 Å². The van der Waals surface area contributed by atoms with Crippen molar-refractivity contribution in [2.45, 2.75) is 27.2 Å². The molecule has 1 heterocycles. The molecule has 0 spiro atoms. The van der Waals surface area contributed by atoms with E-state index in [0.717, 1.165) is 0 Å². The molecule has 0 atom stereocenters. The number of hydrogen-bond acceptors (Lipinski definition) is 3. The average molecular weight is 335 g/mol. The van der Waals surface area contributed by atoms with Gasteiger partial charge >= 0.3 is 0 Å². The molecule has 1 fully saturated rings. The van der Waals surface area contributed by atoms with Gasteiger partial charge in [0.05, 0.1) is 6.54 Å². The van der Waals surface area contributed by atoms with Crippen LogP contribution in [-0.4, -0.2) is 54.3 Å². The minimum atomic E-state index is -0.330. The number of hydrogen-bond donors (Lipinski definition) is 1. The molecule has 1 aromatic rings. The van der Waals surface area contributed by atoms with E-state index in [9.17, 15) is 14.0 Å². The highest BCUT2D eigenvalue weighted by Gasteiger charge is 2.25. The number of anilines is 1. The molecule has 1 saturated heterocycles. The number of rotatable bonds is 4. The predicted molar refractivity (Wildman–Crippen MR) is 92.1 cm³/mol. The van der Waals surface area contributed by atoms with E-state index in [2.05, 4.69) is 26.1 Å². The molecule has 1 aliphatic rings. The van der Waals surface area contributed by atoms with Gasteiger partial charge in [-0.3, -0.25) is 14.5 Å². The highest BCUT2D eigenvalue weighted by atomic mass is 19.1. The van der Waals surface area contributed by atoms with Gasteiger partial charge in [-0.05, 0) is 29.7 Å². The second-order valence-corrected chi connectivity index (χ2v) is 7.45. The lowest BCUT2D eigenvalue weighted by molar-refractivity contribution is -0.134. The summed E-state index contributed by atoms with van der Waals surface area (Å²) in [7, 11) is 0. The van der Waals surface area contributed by atoms with E-state index in [1.54, 1.807) is 0 Å². The Morgan fingerprint density at radius 3 is 2.21 bits per heavy atom. The molecule has 1 aromatic carbocycles. The predicted octanol–water partition coefficient (Wildman–Crippen LogP) is 2.34. The zero-order valence-corrected chi connectivity index (χ0v) is 14.6. The van der Waals surface area contributed by atoms with Crippen LogP contribution in [0, 0.1) is 11.2 Å². The van der Waals surface area contributed by atoms with Gasteiger partial charge in [-0.1, -0.05) is 20.8 Å². The molecule has 132 valence electrons. The Labute approximate surface area is 142 Å². The maximum Gasteiger partial charge on any atom is 0.238 e. The molecule has 5 nitrogen and oxygen atoms in total. The number of nitrogens with zero attached hydrogens (tertiary/aromatic N) is 2. The third-order valence-corrected chi connectivity index (χ3v) is 3.90. The van der Waals surface area contributed by atoms with Crippen LogP contribution >= 0.6 is 0 Å². The van der Waals surface area contributed by atoms with Gasteiger partial charge in [0.25, 0.3) is 0 Å². The van der Waals surface area contributed by atoms with E-state index in [1.807, 2.05) is 9.80 Å². The van der Waals surface area contributed by atoms with Crippen molar-refractivity contribution in [2.75, 3.05) is 38.0 Å². The first kappa shape index (κ1) is 18.4. The summed E-state index contributed by atoms with van der Waals surface area (Å²) in [6.07, 6.45) is 0.540. The van der Waals surface area contributed by atoms with E-state index in [-0.39, 0.29) is 29.6 Å². The lowest BCUT2D eigenvalue weighted by Crippen LogP contribution is -2.50. The zero-order valence-electron chi connectivity index (χ0n) is 14.6. The summed E-state index contributed by atoms with van der Waals surface area (Å²) in [4.78, 5) is 28.2. The molecule has 0 aliphatic carbocycles. The summed E-state index contributed by atoms with van der Waals surface area (Å²) in [5, 5.41) is 2.75. The van der Waals surface area contributed by atoms with Crippen LogP contribution in [0.25, 0.3) is 0 Å². The quantitative estimate of drug-likeness (QED) is 0.919. The van der Waals surface area contributed by atoms with Crippen LogP contribution in [0.4, 0.5) is 10.1 Å². The number of carbonyl (C=O) groups is 2. The van der Waals surface area contributed by atoms with E-state index < -0.39 is 0 Å². The summed E-state index contributed by atoms with van der Waals surface area (Å²) in [6, 6.07) is 5.71. The summed E-state index contributed by atoms with van der Waals surface area (Å²) in [5.41, 5.74) is 0.573. The third-order valence-electron chi connectivity index (χ3n) is 3.90. The van der Waals surface area contributed by atoms with Gasteiger partial charge < -0.3 is 10.2 Å². The number of piperazine rings is 1. The van der Waals surface area contributed by atoms with Gasteiger partial charge in [0.1, 0.15) is 5.82 Å². The molecular weight excluding hydrogens is 309 g/mol. The van der Waals surface area contributed by atoms with Gasteiger partial charge in [-0.2, -0.15) is 0 Å². The number of amides is 2. The monoisotopic (exact) mass is 335 g/mol. The van der Waals surface area contributed by atoms with Gasteiger partial charge in [0.15, 0.2) is 0 Å². The molecule has 1 N–H and O–H groups in total. The topological polar surface area (TPSA) is 52.7 Å². The van der Waals surface area contributed by atoms with Crippen LogP contribution in [0.5, 0.6) is 0 Å². The Morgan fingerprint density at radius 2 is 1.67 bits per heavy atom. The smallest absolute Gasteiger partial charge is 0.238 e. The van der Waals surface area contributed by atoms with Gasteiger partial charge in [0.2, 0.25) is 11.8 Å². The molecule has 0 saturated carbocycles. The molecule has 1 aliphatic heterocycles. The fourth-order valence-corrected chi connectivity index (χ4v) is 2.66. The molecule has 24 heavy (non-hydrogen) atoms. The van der Waals surface area contributed by atoms with E-state index >= 15 is 0 Å². The van der Waals surface area contributed by atoms with E-state index in [1.165, 1.54) is 24.3 Å². The average Bonchev–Trinajstić information content (AvgIpc) is 2.48. The van der Waals surface area contributed by atoms with Gasteiger partial charge in [0, 0.05) is 38.3 Å². The van der Waals surface area contributed by atoms with Crippen LogP contribution in [0.2, 0.25) is 0 Å². The standard InChI is InChI=1S/C18H26FN3O2/c1-18(2,3)12-17(24)22-10-8-21(9-11-22)13-16(23)20-15-6-4-14(19)5-7-15/h4-7H,8-13H2,1-3H3,(H,20,23). The molecule has 0 radical (unpaired) electrons. The summed E-state index contributed by atoms with van der Waals surface area (Å²) >= 11 is 0.